The zero-order valence-electron chi connectivity index (χ0n) is 8.41. The molecule has 0 aromatic rings. The lowest BCUT2D eigenvalue weighted by molar-refractivity contribution is -0.144. The van der Waals surface area contributed by atoms with Gasteiger partial charge in [-0.2, -0.15) is 11.8 Å². The zero-order valence-corrected chi connectivity index (χ0v) is 9.23. The molecule has 0 aromatic carbocycles. The van der Waals surface area contributed by atoms with E-state index in [1.54, 1.807) is 18.9 Å². The Morgan fingerprint density at radius 2 is 2.50 bits per heavy atom. The fourth-order valence-electron chi connectivity index (χ4n) is 1.57. The van der Waals surface area contributed by atoms with Gasteiger partial charge in [0.1, 0.15) is 5.54 Å². The summed E-state index contributed by atoms with van der Waals surface area (Å²) in [5.74, 6) is 0.994. The first-order valence-corrected chi connectivity index (χ1v) is 5.92. The lowest BCUT2D eigenvalue weighted by atomic mass is 9.95. The Kier molecular flexibility index (Phi) is 4.71. The van der Waals surface area contributed by atoms with Crippen molar-refractivity contribution in [3.8, 4) is 0 Å². The van der Waals surface area contributed by atoms with Crippen LogP contribution in [-0.2, 0) is 9.53 Å². The standard InChI is InChI=1S/C9H17NO3S/c1-13-5-4-10-9(8(11)12)3-2-6-14-7-9/h10H,2-7H2,1H3,(H,11,12). The van der Waals surface area contributed by atoms with E-state index in [0.717, 1.165) is 18.6 Å². The fraction of sp³-hybridized carbons (Fsp3) is 0.889. The summed E-state index contributed by atoms with van der Waals surface area (Å²) < 4.78 is 4.90. The van der Waals surface area contributed by atoms with Crippen molar-refractivity contribution < 1.29 is 14.6 Å². The van der Waals surface area contributed by atoms with Crippen molar-refractivity contribution in [3.05, 3.63) is 0 Å². The first kappa shape index (κ1) is 11.8. The Labute approximate surface area is 88.4 Å². The summed E-state index contributed by atoms with van der Waals surface area (Å²) in [5, 5.41) is 12.3. The van der Waals surface area contributed by atoms with Crippen molar-refractivity contribution in [2.24, 2.45) is 0 Å². The van der Waals surface area contributed by atoms with Crippen LogP contribution in [0.2, 0.25) is 0 Å². The summed E-state index contributed by atoms with van der Waals surface area (Å²) in [6.45, 7) is 1.16. The molecule has 1 unspecified atom stereocenters. The summed E-state index contributed by atoms with van der Waals surface area (Å²) in [5.41, 5.74) is -0.721. The number of hydrogen-bond acceptors (Lipinski definition) is 4. The van der Waals surface area contributed by atoms with Crippen LogP contribution < -0.4 is 5.32 Å². The van der Waals surface area contributed by atoms with Crippen molar-refractivity contribution in [1.82, 2.24) is 5.32 Å². The first-order chi connectivity index (χ1) is 6.71. The van der Waals surface area contributed by atoms with Crippen molar-refractivity contribution >= 4 is 17.7 Å². The zero-order chi connectivity index (χ0) is 10.4. The number of methoxy groups -OCH3 is 1. The molecule has 2 N–H and O–H groups in total. The highest BCUT2D eigenvalue weighted by molar-refractivity contribution is 7.99. The van der Waals surface area contributed by atoms with Gasteiger partial charge in [0.05, 0.1) is 6.61 Å². The average molecular weight is 219 g/mol. The first-order valence-electron chi connectivity index (χ1n) is 4.76. The summed E-state index contributed by atoms with van der Waals surface area (Å²) in [6.07, 6.45) is 1.69. The van der Waals surface area contributed by atoms with E-state index in [-0.39, 0.29) is 0 Å². The van der Waals surface area contributed by atoms with Crippen molar-refractivity contribution in [2.75, 3.05) is 31.8 Å². The van der Waals surface area contributed by atoms with Crippen LogP contribution in [0.3, 0.4) is 0 Å². The van der Waals surface area contributed by atoms with Gasteiger partial charge in [0, 0.05) is 19.4 Å². The number of thioether (sulfide) groups is 1. The molecule has 1 atom stereocenters. The van der Waals surface area contributed by atoms with Gasteiger partial charge in [0.15, 0.2) is 0 Å². The van der Waals surface area contributed by atoms with E-state index in [4.69, 9.17) is 4.74 Å². The number of carboxylic acid groups (broad SMARTS) is 1. The molecular formula is C9H17NO3S. The lowest BCUT2D eigenvalue weighted by Crippen LogP contribution is -2.56. The Balaban J connectivity index is 2.47. The third-order valence-corrected chi connectivity index (χ3v) is 3.69. The molecule has 0 radical (unpaired) electrons. The summed E-state index contributed by atoms with van der Waals surface area (Å²) in [7, 11) is 1.62. The third kappa shape index (κ3) is 2.87. The second-order valence-corrected chi connectivity index (χ2v) is 4.57. The number of ether oxygens (including phenoxy) is 1. The fourth-order valence-corrected chi connectivity index (χ4v) is 2.78. The Bertz CT molecular complexity index is 192. The largest absolute Gasteiger partial charge is 0.480 e. The minimum absolute atomic E-state index is 0.555. The Hall–Kier alpha value is -0.260. The van der Waals surface area contributed by atoms with Gasteiger partial charge in [-0.25, -0.2) is 0 Å². The third-order valence-electron chi connectivity index (χ3n) is 2.42. The maximum atomic E-state index is 11.2. The van der Waals surface area contributed by atoms with Crippen molar-refractivity contribution in [1.29, 1.82) is 0 Å². The molecule has 1 rings (SSSR count). The van der Waals surface area contributed by atoms with Gasteiger partial charge >= 0.3 is 5.97 Å². The second-order valence-electron chi connectivity index (χ2n) is 3.46. The minimum Gasteiger partial charge on any atom is -0.480 e. The van der Waals surface area contributed by atoms with Gasteiger partial charge < -0.3 is 9.84 Å². The molecule has 1 aliphatic rings. The normalized spacial score (nSPS) is 27.5. The van der Waals surface area contributed by atoms with Crippen LogP contribution >= 0.6 is 11.8 Å². The van der Waals surface area contributed by atoms with Crippen LogP contribution in [0.4, 0.5) is 0 Å². The predicted octanol–water partition coefficient (Wildman–Crippen LogP) is 0.573. The van der Waals surface area contributed by atoms with E-state index in [1.165, 1.54) is 0 Å². The van der Waals surface area contributed by atoms with Crippen LogP contribution in [0.1, 0.15) is 12.8 Å². The molecule has 0 aromatic heterocycles. The molecule has 0 spiro atoms. The van der Waals surface area contributed by atoms with Gasteiger partial charge in [0.2, 0.25) is 0 Å². The van der Waals surface area contributed by atoms with Gasteiger partial charge in [-0.1, -0.05) is 0 Å². The molecule has 5 heteroatoms. The molecule has 4 nitrogen and oxygen atoms in total. The Morgan fingerprint density at radius 1 is 1.71 bits per heavy atom. The van der Waals surface area contributed by atoms with E-state index in [0.29, 0.717) is 18.9 Å². The van der Waals surface area contributed by atoms with Gasteiger partial charge in [-0.15, -0.1) is 0 Å². The monoisotopic (exact) mass is 219 g/mol. The molecule has 0 aliphatic carbocycles. The Morgan fingerprint density at radius 3 is 3.00 bits per heavy atom. The quantitative estimate of drug-likeness (QED) is 0.662. The van der Waals surface area contributed by atoms with E-state index in [2.05, 4.69) is 5.32 Å². The van der Waals surface area contributed by atoms with Crippen LogP contribution in [0, 0.1) is 0 Å². The lowest BCUT2D eigenvalue weighted by Gasteiger charge is -2.33. The number of rotatable bonds is 5. The van der Waals surface area contributed by atoms with Gasteiger partial charge in [-0.05, 0) is 18.6 Å². The van der Waals surface area contributed by atoms with Crippen LogP contribution in [-0.4, -0.2) is 48.4 Å². The van der Waals surface area contributed by atoms with Crippen LogP contribution in [0.25, 0.3) is 0 Å². The summed E-state index contributed by atoms with van der Waals surface area (Å²) >= 11 is 1.70. The maximum absolute atomic E-state index is 11.2. The molecule has 0 amide bonds. The van der Waals surface area contributed by atoms with E-state index < -0.39 is 11.5 Å². The minimum atomic E-state index is -0.735. The van der Waals surface area contributed by atoms with Gasteiger partial charge in [0.25, 0.3) is 0 Å². The number of carbonyl (C=O) groups is 1. The topological polar surface area (TPSA) is 58.6 Å². The molecule has 14 heavy (non-hydrogen) atoms. The van der Waals surface area contributed by atoms with Crippen LogP contribution in [0.15, 0.2) is 0 Å². The highest BCUT2D eigenvalue weighted by Gasteiger charge is 2.39. The molecular weight excluding hydrogens is 202 g/mol. The molecule has 1 aliphatic heterocycles. The number of nitrogens with one attached hydrogen (secondary N) is 1. The molecule has 1 heterocycles. The van der Waals surface area contributed by atoms with Crippen LogP contribution in [0.5, 0.6) is 0 Å². The number of hydrogen-bond donors (Lipinski definition) is 2. The van der Waals surface area contributed by atoms with E-state index >= 15 is 0 Å². The predicted molar refractivity (Wildman–Crippen MR) is 56.8 cm³/mol. The molecule has 1 saturated heterocycles. The van der Waals surface area contributed by atoms with Gasteiger partial charge in [-0.3, -0.25) is 10.1 Å². The SMILES string of the molecule is COCCNC1(C(=O)O)CCCSC1. The summed E-state index contributed by atoms with van der Waals surface area (Å²) in [4.78, 5) is 11.2. The highest BCUT2D eigenvalue weighted by Crippen LogP contribution is 2.26. The average Bonchev–Trinajstić information content (AvgIpc) is 2.19. The molecule has 0 saturated carbocycles. The summed E-state index contributed by atoms with van der Waals surface area (Å²) in [6, 6.07) is 0. The van der Waals surface area contributed by atoms with Crippen molar-refractivity contribution in [2.45, 2.75) is 18.4 Å². The number of carboxylic acids is 1. The molecule has 0 bridgehead atoms. The maximum Gasteiger partial charge on any atom is 0.324 e. The molecule has 1 fully saturated rings. The second kappa shape index (κ2) is 5.58. The molecule has 82 valence electrons. The van der Waals surface area contributed by atoms with E-state index in [1.807, 2.05) is 0 Å². The highest BCUT2D eigenvalue weighted by atomic mass is 32.2. The van der Waals surface area contributed by atoms with Crippen molar-refractivity contribution in [3.63, 3.8) is 0 Å². The number of aliphatic carboxylic acids is 1. The van der Waals surface area contributed by atoms with E-state index in [9.17, 15) is 9.90 Å². The smallest absolute Gasteiger partial charge is 0.324 e.